The number of aromatic nitrogens is 3. The lowest BCUT2D eigenvalue weighted by Gasteiger charge is -2.24. The highest BCUT2D eigenvalue weighted by Gasteiger charge is 2.23. The average Bonchev–Trinajstić information content (AvgIpc) is 2.81. The zero-order valence-electron chi connectivity index (χ0n) is 11.3. The van der Waals surface area contributed by atoms with Crippen LogP contribution in [0.2, 0.25) is 0 Å². The molecule has 0 aliphatic carbocycles. The maximum Gasteiger partial charge on any atom is 0.223 e. The van der Waals surface area contributed by atoms with E-state index in [0.717, 1.165) is 11.6 Å². The lowest BCUT2D eigenvalue weighted by atomic mass is 10.1. The number of anilines is 3. The highest BCUT2D eigenvalue weighted by molar-refractivity contribution is 7.09. The van der Waals surface area contributed by atoms with Gasteiger partial charge in [0.1, 0.15) is 16.6 Å². The van der Waals surface area contributed by atoms with Gasteiger partial charge in [0, 0.05) is 24.2 Å². The van der Waals surface area contributed by atoms with Gasteiger partial charge in [0.05, 0.1) is 5.54 Å². The van der Waals surface area contributed by atoms with Crippen LogP contribution in [-0.4, -0.2) is 21.5 Å². The van der Waals surface area contributed by atoms with Crippen molar-refractivity contribution in [2.24, 2.45) is 0 Å². The predicted octanol–water partition coefficient (Wildman–Crippen LogP) is 2.29. The van der Waals surface area contributed by atoms with E-state index in [-0.39, 0.29) is 11.5 Å². The van der Waals surface area contributed by atoms with E-state index in [1.807, 2.05) is 18.4 Å². The summed E-state index contributed by atoms with van der Waals surface area (Å²) in [4.78, 5) is 12.7. The molecule has 0 fully saturated rings. The van der Waals surface area contributed by atoms with E-state index in [9.17, 15) is 0 Å². The van der Waals surface area contributed by atoms with Crippen molar-refractivity contribution in [3.8, 4) is 0 Å². The van der Waals surface area contributed by atoms with E-state index in [1.165, 1.54) is 0 Å². The summed E-state index contributed by atoms with van der Waals surface area (Å²) in [5.74, 6) is 1.65. The fraction of sp³-hybridized carbons (Fsp3) is 0.417. The molecule has 2 aromatic rings. The number of thiazole rings is 1. The number of nitrogens with one attached hydrogen (secondary N) is 2. The molecule has 0 saturated heterocycles. The number of nitrogens with two attached hydrogens (primary N) is 1. The number of hydrogen-bond acceptors (Lipinski definition) is 7. The van der Waals surface area contributed by atoms with Gasteiger partial charge in [0.25, 0.3) is 0 Å². The topological polar surface area (TPSA) is 88.8 Å². The van der Waals surface area contributed by atoms with E-state index in [1.54, 1.807) is 17.5 Å². The summed E-state index contributed by atoms with van der Waals surface area (Å²) in [6.45, 7) is 6.89. The van der Waals surface area contributed by atoms with Crippen LogP contribution in [0.5, 0.6) is 0 Å². The van der Waals surface area contributed by atoms with Gasteiger partial charge in [-0.15, -0.1) is 11.3 Å². The molecule has 0 atom stereocenters. The van der Waals surface area contributed by atoms with Crippen LogP contribution in [0, 0.1) is 0 Å². The monoisotopic (exact) mass is 278 g/mol. The van der Waals surface area contributed by atoms with Crippen LogP contribution in [0.15, 0.2) is 17.6 Å². The Morgan fingerprint density at radius 2 is 2.05 bits per heavy atom. The Hall–Kier alpha value is -1.89. The summed E-state index contributed by atoms with van der Waals surface area (Å²) in [5, 5.41) is 9.41. The summed E-state index contributed by atoms with van der Waals surface area (Å²) < 4.78 is 0. The summed E-state index contributed by atoms with van der Waals surface area (Å²) >= 11 is 1.60. The molecule has 0 aromatic carbocycles. The van der Waals surface area contributed by atoms with Gasteiger partial charge in [-0.05, 0) is 20.8 Å². The second kappa shape index (κ2) is 5.40. The number of hydrogen-bond donors (Lipinski definition) is 3. The highest BCUT2D eigenvalue weighted by Crippen LogP contribution is 2.27. The molecule has 0 aliphatic rings. The third kappa shape index (κ3) is 3.31. The van der Waals surface area contributed by atoms with Crippen LogP contribution in [-0.2, 0) is 5.54 Å². The molecule has 0 amide bonds. The minimum Gasteiger partial charge on any atom is -0.370 e. The molecular formula is C12H18N6S. The Labute approximate surface area is 116 Å². The lowest BCUT2D eigenvalue weighted by Crippen LogP contribution is -2.28. The zero-order valence-corrected chi connectivity index (χ0v) is 12.1. The lowest BCUT2D eigenvalue weighted by molar-refractivity contribution is 0.601. The average molecular weight is 278 g/mol. The predicted molar refractivity (Wildman–Crippen MR) is 79.4 cm³/mol. The van der Waals surface area contributed by atoms with E-state index in [4.69, 9.17) is 5.73 Å². The van der Waals surface area contributed by atoms with Gasteiger partial charge in [0.15, 0.2) is 0 Å². The maximum absolute atomic E-state index is 5.71. The minimum atomic E-state index is -0.307. The van der Waals surface area contributed by atoms with Crippen molar-refractivity contribution in [1.82, 2.24) is 15.0 Å². The van der Waals surface area contributed by atoms with Crippen molar-refractivity contribution < 1.29 is 0 Å². The van der Waals surface area contributed by atoms with Crippen LogP contribution >= 0.6 is 11.3 Å². The van der Waals surface area contributed by atoms with Crippen molar-refractivity contribution in [2.45, 2.75) is 26.3 Å². The second-order valence-electron chi connectivity index (χ2n) is 4.61. The van der Waals surface area contributed by atoms with Crippen molar-refractivity contribution in [2.75, 3.05) is 22.9 Å². The Balaban J connectivity index is 2.23. The van der Waals surface area contributed by atoms with Gasteiger partial charge < -0.3 is 16.4 Å². The third-order valence-corrected chi connectivity index (χ3v) is 3.61. The molecule has 2 rings (SSSR count). The van der Waals surface area contributed by atoms with Crippen LogP contribution in [0.1, 0.15) is 25.8 Å². The van der Waals surface area contributed by atoms with Crippen molar-refractivity contribution in [1.29, 1.82) is 0 Å². The first-order valence-electron chi connectivity index (χ1n) is 6.08. The summed E-state index contributed by atoms with van der Waals surface area (Å²) in [5.41, 5.74) is 5.40. The molecule has 2 aromatic heterocycles. The van der Waals surface area contributed by atoms with Crippen LogP contribution < -0.4 is 16.4 Å². The quantitative estimate of drug-likeness (QED) is 0.777. The van der Waals surface area contributed by atoms with Gasteiger partial charge >= 0.3 is 0 Å². The highest BCUT2D eigenvalue weighted by atomic mass is 32.1. The molecular weight excluding hydrogens is 260 g/mol. The van der Waals surface area contributed by atoms with E-state index < -0.39 is 0 Å². The van der Waals surface area contributed by atoms with Crippen LogP contribution in [0.4, 0.5) is 17.6 Å². The molecule has 6 nitrogen and oxygen atoms in total. The SMILES string of the molecule is CCNc1cc(NC(C)(C)c2nccs2)nc(N)n1. The number of nitrogen functional groups attached to an aromatic ring is 1. The van der Waals surface area contributed by atoms with Crippen LogP contribution in [0.25, 0.3) is 0 Å². The molecule has 19 heavy (non-hydrogen) atoms. The summed E-state index contributed by atoms with van der Waals surface area (Å²) in [6, 6.07) is 1.84. The molecule has 0 radical (unpaired) electrons. The molecule has 0 bridgehead atoms. The summed E-state index contributed by atoms with van der Waals surface area (Å²) in [7, 11) is 0. The Bertz CT molecular complexity index is 537. The molecule has 0 spiro atoms. The number of rotatable bonds is 5. The van der Waals surface area contributed by atoms with Gasteiger partial charge in [-0.1, -0.05) is 0 Å². The Kier molecular flexibility index (Phi) is 3.84. The van der Waals surface area contributed by atoms with E-state index in [0.29, 0.717) is 11.6 Å². The third-order valence-electron chi connectivity index (χ3n) is 2.51. The smallest absolute Gasteiger partial charge is 0.223 e. The molecule has 102 valence electrons. The fourth-order valence-electron chi connectivity index (χ4n) is 1.71. The Morgan fingerprint density at radius 3 is 2.68 bits per heavy atom. The van der Waals surface area contributed by atoms with Crippen LogP contribution in [0.3, 0.4) is 0 Å². The molecule has 4 N–H and O–H groups in total. The number of nitrogens with zero attached hydrogens (tertiary/aromatic N) is 3. The van der Waals surface area contributed by atoms with Crippen molar-refractivity contribution in [3.05, 3.63) is 22.7 Å². The maximum atomic E-state index is 5.71. The second-order valence-corrected chi connectivity index (χ2v) is 5.51. The van der Waals surface area contributed by atoms with Crippen molar-refractivity contribution in [3.63, 3.8) is 0 Å². The van der Waals surface area contributed by atoms with Gasteiger partial charge in [0.2, 0.25) is 5.95 Å². The Morgan fingerprint density at radius 1 is 1.32 bits per heavy atom. The van der Waals surface area contributed by atoms with E-state index in [2.05, 4.69) is 39.4 Å². The first-order chi connectivity index (χ1) is 9.01. The molecule has 0 unspecified atom stereocenters. The van der Waals surface area contributed by atoms with Gasteiger partial charge in [-0.25, -0.2) is 4.98 Å². The zero-order chi connectivity index (χ0) is 13.9. The molecule has 0 aliphatic heterocycles. The van der Waals surface area contributed by atoms with Gasteiger partial charge in [-0.3, -0.25) is 0 Å². The van der Waals surface area contributed by atoms with Crippen molar-refractivity contribution >= 4 is 28.9 Å². The first-order valence-corrected chi connectivity index (χ1v) is 6.96. The standard InChI is InChI=1S/C12H18N6S/c1-4-14-8-7-9(17-11(13)16-8)18-12(2,3)10-15-5-6-19-10/h5-7H,4H2,1-3H3,(H4,13,14,16,17,18). The van der Waals surface area contributed by atoms with Gasteiger partial charge in [-0.2, -0.15) is 9.97 Å². The first kappa shape index (κ1) is 13.5. The minimum absolute atomic E-state index is 0.246. The summed E-state index contributed by atoms with van der Waals surface area (Å²) in [6.07, 6.45) is 1.79. The fourth-order valence-corrected chi connectivity index (χ4v) is 2.43. The molecule has 0 saturated carbocycles. The molecule has 2 heterocycles. The van der Waals surface area contributed by atoms with E-state index >= 15 is 0 Å². The largest absolute Gasteiger partial charge is 0.370 e. The normalized spacial score (nSPS) is 11.3. The molecule has 7 heteroatoms.